The van der Waals surface area contributed by atoms with Gasteiger partial charge in [-0.15, -0.1) is 0 Å². The van der Waals surface area contributed by atoms with Gasteiger partial charge in [0.05, 0.1) is 12.2 Å². The molecule has 1 saturated heterocycles. The van der Waals surface area contributed by atoms with E-state index in [0.29, 0.717) is 6.04 Å². The summed E-state index contributed by atoms with van der Waals surface area (Å²) in [6.07, 6.45) is 8.69. The maximum Gasteiger partial charge on any atom is 0.191 e. The second-order valence-electron chi connectivity index (χ2n) is 7.18. The minimum absolute atomic E-state index is 0.391. The van der Waals surface area contributed by atoms with E-state index in [1.165, 1.54) is 37.1 Å². The van der Waals surface area contributed by atoms with Gasteiger partial charge in [-0.1, -0.05) is 30.3 Å². The zero-order valence-corrected chi connectivity index (χ0v) is 16.6. The summed E-state index contributed by atoms with van der Waals surface area (Å²) in [5.41, 5.74) is 2.65. The summed E-state index contributed by atoms with van der Waals surface area (Å²) in [4.78, 5) is 6.97. The Labute approximate surface area is 162 Å². The van der Waals surface area contributed by atoms with Crippen LogP contribution in [0.5, 0.6) is 0 Å². The molecule has 1 aromatic carbocycles. The van der Waals surface area contributed by atoms with Crippen LogP contribution in [0.2, 0.25) is 0 Å². The summed E-state index contributed by atoms with van der Waals surface area (Å²) >= 11 is 0. The number of hydrogen-bond acceptors (Lipinski definition) is 3. The van der Waals surface area contributed by atoms with Gasteiger partial charge < -0.3 is 10.6 Å². The van der Waals surface area contributed by atoms with Crippen molar-refractivity contribution in [1.29, 1.82) is 0 Å². The maximum absolute atomic E-state index is 4.39. The lowest BCUT2D eigenvalue weighted by Gasteiger charge is -2.29. The van der Waals surface area contributed by atoms with Crippen LogP contribution in [0.15, 0.2) is 47.7 Å². The summed E-state index contributed by atoms with van der Waals surface area (Å²) in [6, 6.07) is 11.2. The van der Waals surface area contributed by atoms with Gasteiger partial charge in [0.25, 0.3) is 0 Å². The fraction of sp³-hybridized carbons (Fsp3) is 0.524. The largest absolute Gasteiger partial charge is 0.356 e. The maximum atomic E-state index is 4.39. The number of aromatic nitrogens is 2. The lowest BCUT2D eigenvalue weighted by Crippen LogP contribution is -2.43. The van der Waals surface area contributed by atoms with Gasteiger partial charge in [0.15, 0.2) is 5.96 Å². The normalized spacial score (nSPS) is 16.4. The molecule has 0 aliphatic carbocycles. The number of benzene rings is 1. The number of likely N-dealkylation sites (tertiary alicyclic amines) is 1. The highest BCUT2D eigenvalue weighted by molar-refractivity contribution is 5.79. The van der Waals surface area contributed by atoms with E-state index in [9.17, 15) is 0 Å². The van der Waals surface area contributed by atoms with E-state index in [-0.39, 0.29) is 0 Å². The zero-order valence-electron chi connectivity index (χ0n) is 16.6. The van der Waals surface area contributed by atoms with Crippen molar-refractivity contribution in [1.82, 2.24) is 25.3 Å². The van der Waals surface area contributed by atoms with Crippen LogP contribution in [-0.4, -0.2) is 53.9 Å². The van der Waals surface area contributed by atoms with Gasteiger partial charge in [-0.05, 0) is 49.9 Å². The first kappa shape index (κ1) is 19.4. The van der Waals surface area contributed by atoms with Crippen LogP contribution in [0.25, 0.3) is 0 Å². The third-order valence-electron chi connectivity index (χ3n) is 5.15. The third kappa shape index (κ3) is 5.82. The lowest BCUT2D eigenvalue weighted by molar-refractivity contribution is 0.245. The van der Waals surface area contributed by atoms with E-state index in [2.05, 4.69) is 62.2 Å². The topological polar surface area (TPSA) is 57.5 Å². The smallest absolute Gasteiger partial charge is 0.191 e. The SMILES string of the molecule is CN=C(NCCCc1cnn(C)c1)NCC(c1ccccc1)N1CCCC1. The fourth-order valence-corrected chi connectivity index (χ4v) is 3.70. The van der Waals surface area contributed by atoms with Crippen LogP contribution in [-0.2, 0) is 13.5 Å². The van der Waals surface area contributed by atoms with E-state index in [1.807, 2.05) is 25.0 Å². The summed E-state index contributed by atoms with van der Waals surface area (Å²) in [5.74, 6) is 0.876. The molecule has 0 saturated carbocycles. The van der Waals surface area contributed by atoms with Crippen LogP contribution < -0.4 is 10.6 Å². The number of rotatable bonds is 8. The highest BCUT2D eigenvalue weighted by atomic mass is 15.2. The summed E-state index contributed by atoms with van der Waals surface area (Å²) in [6.45, 7) is 4.12. The van der Waals surface area contributed by atoms with Gasteiger partial charge in [0.2, 0.25) is 0 Å². The number of aliphatic imine (C=N–C) groups is 1. The molecular weight excluding hydrogens is 336 g/mol. The van der Waals surface area contributed by atoms with Crippen LogP contribution in [0, 0.1) is 0 Å². The molecule has 6 nitrogen and oxygen atoms in total. The molecule has 0 spiro atoms. The number of aryl methyl sites for hydroxylation is 2. The van der Waals surface area contributed by atoms with Crippen LogP contribution in [0.3, 0.4) is 0 Å². The number of guanidine groups is 1. The molecule has 0 radical (unpaired) electrons. The minimum Gasteiger partial charge on any atom is -0.356 e. The predicted molar refractivity (Wildman–Crippen MR) is 111 cm³/mol. The van der Waals surface area contributed by atoms with Crippen molar-refractivity contribution in [3.8, 4) is 0 Å². The van der Waals surface area contributed by atoms with E-state index < -0.39 is 0 Å². The van der Waals surface area contributed by atoms with Crippen molar-refractivity contribution in [2.45, 2.75) is 31.7 Å². The standard InChI is InChI=1S/C21H32N6/c1-22-21(23-12-8-9-18-15-25-26(2)17-18)24-16-20(27-13-6-7-14-27)19-10-4-3-5-11-19/h3-5,10-11,15,17,20H,6-9,12-14,16H2,1-2H3,(H2,22,23,24). The fourth-order valence-electron chi connectivity index (χ4n) is 3.70. The summed E-state index contributed by atoms with van der Waals surface area (Å²) in [7, 11) is 3.79. The summed E-state index contributed by atoms with van der Waals surface area (Å²) < 4.78 is 1.85. The Balaban J connectivity index is 1.47. The summed E-state index contributed by atoms with van der Waals surface area (Å²) in [5, 5.41) is 11.2. The quantitative estimate of drug-likeness (QED) is 0.427. The van der Waals surface area contributed by atoms with Crippen LogP contribution in [0.1, 0.15) is 36.4 Å². The molecular formula is C21H32N6. The molecule has 1 aliphatic heterocycles. The van der Waals surface area contributed by atoms with Gasteiger partial charge in [-0.2, -0.15) is 5.10 Å². The van der Waals surface area contributed by atoms with Gasteiger partial charge in [0, 0.05) is 33.4 Å². The van der Waals surface area contributed by atoms with Crippen molar-refractivity contribution in [3.05, 3.63) is 53.9 Å². The Morgan fingerprint density at radius 1 is 1.19 bits per heavy atom. The molecule has 0 amide bonds. The molecule has 27 heavy (non-hydrogen) atoms. The first-order valence-electron chi connectivity index (χ1n) is 9.97. The Morgan fingerprint density at radius 3 is 2.63 bits per heavy atom. The molecule has 1 atom stereocenters. The minimum atomic E-state index is 0.391. The van der Waals surface area contributed by atoms with Crippen LogP contribution >= 0.6 is 0 Å². The lowest BCUT2D eigenvalue weighted by atomic mass is 10.1. The average Bonchev–Trinajstić information content (AvgIpc) is 3.36. The second-order valence-corrected chi connectivity index (χ2v) is 7.18. The molecule has 1 aromatic heterocycles. The van der Waals surface area contributed by atoms with E-state index >= 15 is 0 Å². The van der Waals surface area contributed by atoms with Crippen molar-refractivity contribution in [3.63, 3.8) is 0 Å². The Kier molecular flexibility index (Phi) is 7.27. The average molecular weight is 369 g/mol. The van der Waals surface area contributed by atoms with Gasteiger partial charge in [-0.25, -0.2) is 0 Å². The predicted octanol–water partition coefficient (Wildman–Crippen LogP) is 2.35. The molecule has 2 heterocycles. The molecule has 146 valence electrons. The van der Waals surface area contributed by atoms with Crippen LogP contribution in [0.4, 0.5) is 0 Å². The zero-order chi connectivity index (χ0) is 18.9. The van der Waals surface area contributed by atoms with Gasteiger partial charge in [-0.3, -0.25) is 14.6 Å². The number of nitrogens with one attached hydrogen (secondary N) is 2. The molecule has 1 fully saturated rings. The Hall–Kier alpha value is -2.34. The first-order valence-corrected chi connectivity index (χ1v) is 9.97. The molecule has 2 aromatic rings. The van der Waals surface area contributed by atoms with Gasteiger partial charge in [0.1, 0.15) is 0 Å². The Bertz CT molecular complexity index is 702. The first-order chi connectivity index (χ1) is 13.3. The van der Waals surface area contributed by atoms with Gasteiger partial charge >= 0.3 is 0 Å². The molecule has 3 rings (SSSR count). The van der Waals surface area contributed by atoms with E-state index in [1.54, 1.807) is 0 Å². The molecule has 2 N–H and O–H groups in total. The van der Waals surface area contributed by atoms with Crippen molar-refractivity contribution in [2.75, 3.05) is 33.2 Å². The third-order valence-corrected chi connectivity index (χ3v) is 5.15. The number of nitrogens with zero attached hydrogens (tertiary/aromatic N) is 4. The monoisotopic (exact) mass is 368 g/mol. The molecule has 6 heteroatoms. The highest BCUT2D eigenvalue weighted by Gasteiger charge is 2.23. The highest BCUT2D eigenvalue weighted by Crippen LogP contribution is 2.24. The molecule has 0 bridgehead atoms. The second kappa shape index (κ2) is 10.1. The van der Waals surface area contributed by atoms with E-state index in [4.69, 9.17) is 0 Å². The van der Waals surface area contributed by atoms with Crippen molar-refractivity contribution in [2.24, 2.45) is 12.0 Å². The Morgan fingerprint density at radius 2 is 1.96 bits per heavy atom. The molecule has 1 unspecified atom stereocenters. The van der Waals surface area contributed by atoms with E-state index in [0.717, 1.165) is 31.9 Å². The molecule has 1 aliphatic rings. The van der Waals surface area contributed by atoms with Crippen molar-refractivity contribution < 1.29 is 0 Å². The number of hydrogen-bond donors (Lipinski definition) is 2. The van der Waals surface area contributed by atoms with Crippen molar-refractivity contribution >= 4 is 5.96 Å².